The van der Waals surface area contributed by atoms with E-state index in [0.717, 1.165) is 34.7 Å². The third-order valence-corrected chi connectivity index (χ3v) is 5.39. The van der Waals surface area contributed by atoms with Gasteiger partial charge in [0.05, 0.1) is 5.39 Å². The Morgan fingerprint density at radius 1 is 1.00 bits per heavy atom. The van der Waals surface area contributed by atoms with Gasteiger partial charge in [0, 0.05) is 42.8 Å². The monoisotopic (exact) mass is 360 g/mol. The predicted octanol–water partition coefficient (Wildman–Crippen LogP) is 4.74. The third-order valence-electron chi connectivity index (χ3n) is 4.50. The van der Waals surface area contributed by atoms with Gasteiger partial charge in [0.25, 0.3) is 0 Å². The van der Waals surface area contributed by atoms with Gasteiger partial charge in [0.2, 0.25) is 0 Å². The van der Waals surface area contributed by atoms with Crippen LogP contribution in [0.4, 0.5) is 5.82 Å². The zero-order valence-electron chi connectivity index (χ0n) is 14.9. The van der Waals surface area contributed by atoms with Gasteiger partial charge < -0.3 is 4.90 Å². The summed E-state index contributed by atoms with van der Waals surface area (Å²) in [6.07, 6.45) is 4.38. The zero-order valence-corrected chi connectivity index (χ0v) is 15.7. The van der Waals surface area contributed by atoms with Gasteiger partial charge >= 0.3 is 0 Å². The number of likely N-dealkylation sites (N-methyl/N-ethyl adjacent to an activating group) is 1. The summed E-state index contributed by atoms with van der Waals surface area (Å²) in [6, 6.07) is 14.7. The second-order valence-corrected chi connectivity index (χ2v) is 7.24. The van der Waals surface area contributed by atoms with Crippen LogP contribution in [0.25, 0.3) is 21.3 Å². The molecule has 0 N–H and O–H groups in total. The summed E-state index contributed by atoms with van der Waals surface area (Å²) in [5, 5.41) is 3.31. The Bertz CT molecular complexity index is 1010. The van der Waals surface area contributed by atoms with Gasteiger partial charge in [-0.05, 0) is 24.6 Å². The van der Waals surface area contributed by atoms with E-state index in [0.29, 0.717) is 0 Å². The first-order valence-corrected chi connectivity index (χ1v) is 9.50. The van der Waals surface area contributed by atoms with Gasteiger partial charge in [-0.3, -0.25) is 4.98 Å². The maximum atomic E-state index is 4.60. The molecular weight excluding hydrogens is 340 g/mol. The Morgan fingerprint density at radius 3 is 2.62 bits per heavy atom. The van der Waals surface area contributed by atoms with Crippen molar-refractivity contribution >= 4 is 27.4 Å². The normalized spacial score (nSPS) is 11.0. The molecule has 0 fully saturated rings. The molecule has 1 aromatic carbocycles. The van der Waals surface area contributed by atoms with Crippen molar-refractivity contribution in [3.8, 4) is 11.1 Å². The third kappa shape index (κ3) is 3.30. The molecule has 0 unspecified atom stereocenters. The van der Waals surface area contributed by atoms with E-state index in [1.165, 1.54) is 16.7 Å². The van der Waals surface area contributed by atoms with Crippen LogP contribution in [-0.4, -0.2) is 28.5 Å². The summed E-state index contributed by atoms with van der Waals surface area (Å²) in [4.78, 5) is 16.7. The van der Waals surface area contributed by atoms with E-state index in [-0.39, 0.29) is 0 Å². The SMILES string of the molecule is Cc1ccc(-c2csc3ncnc(N(C)CCc4ccccn4)c23)cc1. The quantitative estimate of drug-likeness (QED) is 0.515. The van der Waals surface area contributed by atoms with Gasteiger partial charge in [-0.1, -0.05) is 35.9 Å². The van der Waals surface area contributed by atoms with Crippen LogP contribution in [0.2, 0.25) is 0 Å². The van der Waals surface area contributed by atoms with Crippen molar-refractivity contribution < 1.29 is 0 Å². The Labute approximate surface area is 157 Å². The fourth-order valence-electron chi connectivity index (χ4n) is 3.03. The number of thiophene rings is 1. The highest BCUT2D eigenvalue weighted by Gasteiger charge is 2.16. The fraction of sp³-hybridized carbons (Fsp3) is 0.190. The van der Waals surface area contributed by atoms with Crippen LogP contribution in [-0.2, 0) is 6.42 Å². The maximum Gasteiger partial charge on any atom is 0.141 e. The molecule has 0 bridgehead atoms. The molecule has 5 heteroatoms. The van der Waals surface area contributed by atoms with E-state index in [1.54, 1.807) is 17.7 Å². The first kappa shape index (κ1) is 16.7. The number of aryl methyl sites for hydroxylation is 1. The van der Waals surface area contributed by atoms with E-state index in [1.807, 2.05) is 18.3 Å². The molecule has 4 rings (SSSR count). The molecule has 26 heavy (non-hydrogen) atoms. The molecule has 4 nitrogen and oxygen atoms in total. The Hall–Kier alpha value is -2.79. The van der Waals surface area contributed by atoms with Crippen molar-refractivity contribution in [2.24, 2.45) is 0 Å². The number of hydrogen-bond acceptors (Lipinski definition) is 5. The summed E-state index contributed by atoms with van der Waals surface area (Å²) >= 11 is 1.67. The van der Waals surface area contributed by atoms with Crippen molar-refractivity contribution in [2.45, 2.75) is 13.3 Å². The number of nitrogens with zero attached hydrogens (tertiary/aromatic N) is 4. The Balaban J connectivity index is 1.68. The molecule has 0 radical (unpaired) electrons. The van der Waals surface area contributed by atoms with Crippen molar-refractivity contribution in [1.29, 1.82) is 0 Å². The Kier molecular flexibility index (Phi) is 4.63. The highest BCUT2D eigenvalue weighted by atomic mass is 32.1. The van der Waals surface area contributed by atoms with Crippen molar-refractivity contribution in [1.82, 2.24) is 15.0 Å². The molecule has 0 saturated heterocycles. The average molecular weight is 360 g/mol. The smallest absolute Gasteiger partial charge is 0.141 e. The molecule has 0 saturated carbocycles. The lowest BCUT2D eigenvalue weighted by Gasteiger charge is -2.19. The average Bonchev–Trinajstić information content (AvgIpc) is 3.12. The van der Waals surface area contributed by atoms with Crippen LogP contribution in [0.15, 0.2) is 60.4 Å². The summed E-state index contributed by atoms with van der Waals surface area (Å²) in [5.74, 6) is 0.975. The minimum atomic E-state index is 0.853. The first-order chi connectivity index (χ1) is 12.7. The van der Waals surface area contributed by atoms with Crippen LogP contribution >= 0.6 is 11.3 Å². The van der Waals surface area contributed by atoms with Gasteiger partial charge in [0.15, 0.2) is 0 Å². The topological polar surface area (TPSA) is 41.9 Å². The van der Waals surface area contributed by atoms with E-state index < -0.39 is 0 Å². The van der Waals surface area contributed by atoms with Gasteiger partial charge in [-0.25, -0.2) is 9.97 Å². The van der Waals surface area contributed by atoms with Crippen LogP contribution in [0.1, 0.15) is 11.3 Å². The van der Waals surface area contributed by atoms with E-state index in [4.69, 9.17) is 0 Å². The van der Waals surface area contributed by atoms with Gasteiger partial charge in [0.1, 0.15) is 17.0 Å². The standard InChI is InChI=1S/C21H20N4S/c1-15-6-8-16(9-7-15)18-13-26-21-19(18)20(23-14-24-21)25(2)12-10-17-5-3-4-11-22-17/h3-9,11,13-14H,10,12H2,1-2H3. The van der Waals surface area contributed by atoms with Crippen LogP contribution in [0, 0.1) is 6.92 Å². The predicted molar refractivity (Wildman–Crippen MR) is 109 cm³/mol. The number of pyridine rings is 1. The lowest BCUT2D eigenvalue weighted by Crippen LogP contribution is -2.22. The highest BCUT2D eigenvalue weighted by Crippen LogP contribution is 2.37. The van der Waals surface area contributed by atoms with Crippen LogP contribution in [0.3, 0.4) is 0 Å². The Morgan fingerprint density at radius 2 is 1.85 bits per heavy atom. The highest BCUT2D eigenvalue weighted by molar-refractivity contribution is 7.17. The van der Waals surface area contributed by atoms with E-state index in [2.05, 4.69) is 69.5 Å². The van der Waals surface area contributed by atoms with E-state index >= 15 is 0 Å². The van der Waals surface area contributed by atoms with Crippen molar-refractivity contribution in [3.63, 3.8) is 0 Å². The maximum absolute atomic E-state index is 4.60. The molecule has 4 aromatic rings. The van der Waals surface area contributed by atoms with Crippen molar-refractivity contribution in [2.75, 3.05) is 18.5 Å². The van der Waals surface area contributed by atoms with Gasteiger partial charge in [-0.15, -0.1) is 11.3 Å². The molecule has 3 heterocycles. The van der Waals surface area contributed by atoms with Crippen molar-refractivity contribution in [3.05, 3.63) is 71.6 Å². The summed E-state index contributed by atoms with van der Waals surface area (Å²) in [7, 11) is 2.08. The molecule has 0 amide bonds. The van der Waals surface area contributed by atoms with E-state index in [9.17, 15) is 0 Å². The molecule has 0 spiro atoms. The molecule has 0 atom stereocenters. The second-order valence-electron chi connectivity index (χ2n) is 6.39. The largest absolute Gasteiger partial charge is 0.359 e. The molecule has 0 aliphatic rings. The molecule has 0 aliphatic heterocycles. The molecule has 130 valence electrons. The fourth-order valence-corrected chi connectivity index (χ4v) is 3.94. The van der Waals surface area contributed by atoms with Crippen LogP contribution < -0.4 is 4.90 Å². The lowest BCUT2D eigenvalue weighted by molar-refractivity contribution is 0.841. The summed E-state index contributed by atoms with van der Waals surface area (Å²) < 4.78 is 0. The minimum Gasteiger partial charge on any atom is -0.359 e. The number of hydrogen-bond donors (Lipinski definition) is 0. The second kappa shape index (κ2) is 7.22. The number of rotatable bonds is 5. The van der Waals surface area contributed by atoms with Gasteiger partial charge in [-0.2, -0.15) is 0 Å². The molecule has 0 aliphatic carbocycles. The minimum absolute atomic E-state index is 0.853. The molecular formula is C21H20N4S. The lowest BCUT2D eigenvalue weighted by atomic mass is 10.0. The first-order valence-electron chi connectivity index (χ1n) is 8.62. The number of anilines is 1. The number of fused-ring (bicyclic) bond motifs is 1. The zero-order chi connectivity index (χ0) is 17.9. The molecule has 3 aromatic heterocycles. The number of aromatic nitrogens is 3. The summed E-state index contributed by atoms with van der Waals surface area (Å²) in [6.45, 7) is 2.96. The van der Waals surface area contributed by atoms with Crippen LogP contribution in [0.5, 0.6) is 0 Å². The number of benzene rings is 1. The summed E-state index contributed by atoms with van der Waals surface area (Å²) in [5.41, 5.74) is 4.76.